The van der Waals surface area contributed by atoms with E-state index in [0.717, 1.165) is 5.69 Å². The van der Waals surface area contributed by atoms with Gasteiger partial charge >= 0.3 is 6.18 Å². The Morgan fingerprint density at radius 2 is 1.88 bits per heavy atom. The van der Waals surface area contributed by atoms with Gasteiger partial charge in [0.25, 0.3) is 0 Å². The largest absolute Gasteiger partial charge is 0.493 e. The molecule has 0 aliphatic carbocycles. The Bertz CT molecular complexity index is 1190. The molecule has 0 unspecified atom stereocenters. The van der Waals surface area contributed by atoms with Crippen LogP contribution in [0.2, 0.25) is 0 Å². The molecule has 0 fully saturated rings. The van der Waals surface area contributed by atoms with Gasteiger partial charge < -0.3 is 15.2 Å². The average Bonchev–Trinajstić information content (AvgIpc) is 3.18. The molecule has 1 aliphatic rings. The van der Waals surface area contributed by atoms with Crippen LogP contribution in [-0.4, -0.2) is 35.0 Å². The summed E-state index contributed by atoms with van der Waals surface area (Å²) in [5.74, 6) is -0.121. The van der Waals surface area contributed by atoms with Gasteiger partial charge in [0.05, 0.1) is 18.7 Å². The van der Waals surface area contributed by atoms with Crippen molar-refractivity contribution < 1.29 is 27.4 Å². The highest BCUT2D eigenvalue weighted by molar-refractivity contribution is 5.91. The van der Waals surface area contributed by atoms with Gasteiger partial charge in [-0.3, -0.25) is 4.98 Å². The predicted octanol–water partition coefficient (Wildman–Crippen LogP) is 5.69. The summed E-state index contributed by atoms with van der Waals surface area (Å²) in [6.07, 6.45) is -5.11. The molecule has 0 bridgehead atoms. The number of ether oxygens (including phenoxy) is 1. The van der Waals surface area contributed by atoms with Crippen molar-refractivity contribution in [2.75, 3.05) is 18.5 Å². The van der Waals surface area contributed by atoms with E-state index in [1.54, 1.807) is 44.2 Å². The Balaban J connectivity index is 1.65. The van der Waals surface area contributed by atoms with E-state index in [1.807, 2.05) is 6.92 Å². The number of hydrogen-bond acceptors (Lipinski definition) is 4. The molecule has 0 amide bonds. The lowest BCUT2D eigenvalue weighted by atomic mass is 9.74. The minimum atomic E-state index is -4.92. The number of pyridine rings is 1. The maximum Gasteiger partial charge on any atom is 0.418 e. The number of alkyl halides is 3. The topological polar surface area (TPSA) is 54.4 Å². The molecule has 0 radical (unpaired) electrons. The van der Waals surface area contributed by atoms with E-state index in [1.165, 1.54) is 12.1 Å². The molecule has 0 saturated carbocycles. The summed E-state index contributed by atoms with van der Waals surface area (Å²) in [7, 11) is 0. The second-order valence-corrected chi connectivity index (χ2v) is 9.31. The minimum Gasteiger partial charge on any atom is -0.493 e. The summed E-state index contributed by atoms with van der Waals surface area (Å²) in [5.41, 5.74) is -1.47. The zero-order valence-corrected chi connectivity index (χ0v) is 18.7. The Morgan fingerprint density at radius 1 is 1.12 bits per heavy atom. The third-order valence-corrected chi connectivity index (χ3v) is 6.18. The van der Waals surface area contributed by atoms with Crippen LogP contribution in [0, 0.1) is 12.7 Å². The van der Waals surface area contributed by atoms with E-state index in [-0.39, 0.29) is 0 Å². The summed E-state index contributed by atoms with van der Waals surface area (Å²) in [5, 5.41) is 14.3. The molecule has 2 N–H and O–H groups in total. The predicted molar refractivity (Wildman–Crippen MR) is 119 cm³/mol. The molecule has 4 nitrogen and oxygen atoms in total. The molecule has 33 heavy (non-hydrogen) atoms. The fraction of sp³-hybridized carbons (Fsp3) is 0.400. The molecule has 4 rings (SSSR count). The fourth-order valence-corrected chi connectivity index (χ4v) is 4.51. The summed E-state index contributed by atoms with van der Waals surface area (Å²) in [6.45, 7) is 4.53. The highest BCUT2D eigenvalue weighted by Gasteiger charge is 2.56. The van der Waals surface area contributed by atoms with Crippen molar-refractivity contribution in [2.24, 2.45) is 0 Å². The van der Waals surface area contributed by atoms with Gasteiger partial charge in [-0.1, -0.05) is 19.9 Å². The monoisotopic (exact) mass is 462 g/mol. The van der Waals surface area contributed by atoms with E-state index >= 15 is 0 Å². The standard InChI is InChI=1S/C25H26F4N2O2/c1-15-7-8-18-20(5-4-6-21(18)31-15)30-14-24(32,25(27,28)29)13-23(2,3)19-12-17(26)11-16-9-10-33-22(16)19/h4-8,11-12,30,32H,9-10,13-14H2,1-3H3/t24-/m0/s1. The van der Waals surface area contributed by atoms with Crippen LogP contribution < -0.4 is 10.1 Å². The van der Waals surface area contributed by atoms with Crippen LogP contribution in [0.3, 0.4) is 0 Å². The van der Waals surface area contributed by atoms with Crippen LogP contribution in [0.4, 0.5) is 23.2 Å². The van der Waals surface area contributed by atoms with E-state index < -0.39 is 36.0 Å². The van der Waals surface area contributed by atoms with Crippen molar-refractivity contribution >= 4 is 16.6 Å². The Morgan fingerprint density at radius 3 is 2.61 bits per heavy atom. The molecule has 1 atom stereocenters. The van der Waals surface area contributed by atoms with E-state index in [0.29, 0.717) is 46.5 Å². The van der Waals surface area contributed by atoms with Crippen molar-refractivity contribution in [1.29, 1.82) is 0 Å². The van der Waals surface area contributed by atoms with Crippen LogP contribution in [-0.2, 0) is 11.8 Å². The lowest BCUT2D eigenvalue weighted by Gasteiger charge is -2.38. The molecule has 0 spiro atoms. The van der Waals surface area contributed by atoms with Gasteiger partial charge in [0.15, 0.2) is 5.60 Å². The van der Waals surface area contributed by atoms with Gasteiger partial charge in [-0.05, 0) is 55.2 Å². The number of nitrogens with one attached hydrogen (secondary N) is 1. The zero-order valence-electron chi connectivity index (χ0n) is 18.7. The SMILES string of the molecule is Cc1ccc2c(NC[C@@](O)(CC(C)(C)c3cc(F)cc4c3OCC4)C(F)(F)F)cccc2n1. The molecule has 2 aromatic carbocycles. The zero-order chi connectivity index (χ0) is 24.0. The average molecular weight is 462 g/mol. The Hall–Kier alpha value is -2.87. The number of aromatic nitrogens is 1. The number of benzene rings is 2. The van der Waals surface area contributed by atoms with Crippen molar-refractivity contribution in [2.45, 2.75) is 50.8 Å². The summed E-state index contributed by atoms with van der Waals surface area (Å²) in [4.78, 5) is 4.40. The van der Waals surface area contributed by atoms with Crippen LogP contribution in [0.1, 0.15) is 37.1 Å². The van der Waals surface area contributed by atoms with Crippen molar-refractivity contribution in [1.82, 2.24) is 4.98 Å². The molecular formula is C25H26F4N2O2. The van der Waals surface area contributed by atoms with Crippen molar-refractivity contribution in [3.8, 4) is 5.75 Å². The molecule has 1 aromatic heterocycles. The summed E-state index contributed by atoms with van der Waals surface area (Å²) < 4.78 is 62.3. The Labute approximate surface area is 189 Å². The first-order valence-electron chi connectivity index (χ1n) is 10.7. The van der Waals surface area contributed by atoms with Crippen molar-refractivity contribution in [3.05, 3.63) is 65.1 Å². The number of anilines is 1. The lowest BCUT2D eigenvalue weighted by Crippen LogP contribution is -2.53. The number of hydrogen-bond donors (Lipinski definition) is 2. The lowest BCUT2D eigenvalue weighted by molar-refractivity contribution is -0.260. The Kier molecular flexibility index (Phi) is 5.76. The highest BCUT2D eigenvalue weighted by atomic mass is 19.4. The van der Waals surface area contributed by atoms with E-state index in [2.05, 4.69) is 10.3 Å². The first-order chi connectivity index (χ1) is 15.4. The fourth-order valence-electron chi connectivity index (χ4n) is 4.51. The molecule has 0 saturated heterocycles. The number of rotatable bonds is 6. The van der Waals surface area contributed by atoms with Gasteiger partial charge in [0.1, 0.15) is 11.6 Å². The third kappa shape index (κ3) is 4.49. The quantitative estimate of drug-likeness (QED) is 0.462. The van der Waals surface area contributed by atoms with Crippen LogP contribution in [0.5, 0.6) is 5.75 Å². The van der Waals surface area contributed by atoms with Crippen LogP contribution >= 0.6 is 0 Å². The normalized spacial score (nSPS) is 15.8. The number of halogens is 4. The smallest absolute Gasteiger partial charge is 0.418 e. The molecule has 8 heteroatoms. The van der Waals surface area contributed by atoms with Gasteiger partial charge in [-0.2, -0.15) is 13.2 Å². The van der Waals surface area contributed by atoms with Crippen molar-refractivity contribution in [3.63, 3.8) is 0 Å². The number of fused-ring (bicyclic) bond motifs is 2. The van der Waals surface area contributed by atoms with Gasteiger partial charge in [0.2, 0.25) is 0 Å². The van der Waals surface area contributed by atoms with E-state index in [9.17, 15) is 22.7 Å². The van der Waals surface area contributed by atoms with Gasteiger partial charge in [-0.15, -0.1) is 0 Å². The molecule has 176 valence electrons. The van der Waals surface area contributed by atoms with Gasteiger partial charge in [-0.25, -0.2) is 4.39 Å². The molecule has 1 aliphatic heterocycles. The summed E-state index contributed by atoms with van der Waals surface area (Å²) in [6, 6.07) is 11.2. The second-order valence-electron chi connectivity index (χ2n) is 9.31. The minimum absolute atomic E-state index is 0.322. The van der Waals surface area contributed by atoms with Gasteiger partial charge in [0, 0.05) is 34.3 Å². The number of aryl methyl sites for hydroxylation is 1. The maximum absolute atomic E-state index is 14.2. The number of aliphatic hydroxyl groups is 1. The first kappa shape index (κ1) is 23.3. The first-order valence-corrected chi connectivity index (χ1v) is 10.7. The number of nitrogens with zero attached hydrogens (tertiary/aromatic N) is 1. The maximum atomic E-state index is 14.2. The second kappa shape index (κ2) is 8.17. The van der Waals surface area contributed by atoms with Crippen LogP contribution in [0.15, 0.2) is 42.5 Å². The molecular weight excluding hydrogens is 436 g/mol. The van der Waals surface area contributed by atoms with Crippen LogP contribution in [0.25, 0.3) is 10.9 Å². The molecule has 2 heterocycles. The highest BCUT2D eigenvalue weighted by Crippen LogP contribution is 2.46. The summed E-state index contributed by atoms with van der Waals surface area (Å²) >= 11 is 0. The molecule has 3 aromatic rings. The third-order valence-electron chi connectivity index (χ3n) is 6.18. The van der Waals surface area contributed by atoms with E-state index in [4.69, 9.17) is 4.74 Å².